The van der Waals surface area contributed by atoms with Crippen LogP contribution in [0.15, 0.2) is 30.3 Å². The zero-order valence-corrected chi connectivity index (χ0v) is 8.10. The highest BCUT2D eigenvalue weighted by Gasteiger charge is 2.17. The van der Waals surface area contributed by atoms with Crippen molar-refractivity contribution in [3.8, 4) is 0 Å². The highest BCUT2D eigenvalue weighted by Crippen LogP contribution is 2.29. The molecule has 1 aromatic rings. The van der Waals surface area contributed by atoms with E-state index in [1.54, 1.807) is 6.08 Å². The molecule has 0 saturated carbocycles. The number of nitrogens with two attached hydrogens (primary N) is 1. The van der Waals surface area contributed by atoms with Gasteiger partial charge in [0.2, 0.25) is 0 Å². The molecular weight excluding hydrogens is 192 g/mol. The van der Waals surface area contributed by atoms with Gasteiger partial charge < -0.3 is 16.2 Å². The molecule has 0 saturated heterocycles. The van der Waals surface area contributed by atoms with Crippen molar-refractivity contribution >= 4 is 17.2 Å². The van der Waals surface area contributed by atoms with Gasteiger partial charge in [-0.15, -0.1) is 0 Å². The molecule has 1 aliphatic heterocycles. The normalized spacial score (nSPS) is 18.3. The molecule has 4 N–H and O–H groups in total. The van der Waals surface area contributed by atoms with Crippen molar-refractivity contribution in [2.24, 2.45) is 5.73 Å². The molecule has 4 nitrogen and oxygen atoms in total. The first kappa shape index (κ1) is 9.73. The predicted octanol–water partition coefficient (Wildman–Crippen LogP) is 0.907. The monoisotopic (exact) mass is 204 g/mol. The van der Waals surface area contributed by atoms with E-state index in [0.29, 0.717) is 6.54 Å². The van der Waals surface area contributed by atoms with Crippen molar-refractivity contribution in [1.29, 1.82) is 0 Å². The molecule has 15 heavy (non-hydrogen) atoms. The van der Waals surface area contributed by atoms with E-state index in [2.05, 4.69) is 5.32 Å². The zero-order valence-electron chi connectivity index (χ0n) is 8.10. The largest absolute Gasteiger partial charge is 0.480 e. The van der Waals surface area contributed by atoms with E-state index in [1.807, 2.05) is 24.3 Å². The smallest absolute Gasteiger partial charge is 0.324 e. The van der Waals surface area contributed by atoms with E-state index in [4.69, 9.17) is 10.8 Å². The Morgan fingerprint density at radius 2 is 2.27 bits per heavy atom. The summed E-state index contributed by atoms with van der Waals surface area (Å²) in [6.45, 7) is 0.639. The Hall–Kier alpha value is -1.81. The maximum atomic E-state index is 10.6. The van der Waals surface area contributed by atoms with Crippen LogP contribution in [-0.4, -0.2) is 23.7 Å². The SMILES string of the molecule is NC(C=C1CNc2ccccc21)C(=O)O. The van der Waals surface area contributed by atoms with Crippen LogP contribution in [0, 0.1) is 0 Å². The number of nitrogens with one attached hydrogen (secondary N) is 1. The first-order chi connectivity index (χ1) is 7.18. The first-order valence-electron chi connectivity index (χ1n) is 4.71. The Balaban J connectivity index is 2.31. The third kappa shape index (κ3) is 1.85. The molecule has 0 radical (unpaired) electrons. The lowest BCUT2D eigenvalue weighted by atomic mass is 10.1. The van der Waals surface area contributed by atoms with Crippen LogP contribution in [0.5, 0.6) is 0 Å². The number of para-hydroxylation sites is 1. The van der Waals surface area contributed by atoms with Gasteiger partial charge in [-0.2, -0.15) is 0 Å². The van der Waals surface area contributed by atoms with E-state index in [0.717, 1.165) is 16.8 Å². The Kier molecular flexibility index (Phi) is 2.43. The summed E-state index contributed by atoms with van der Waals surface area (Å²) in [6, 6.07) is 6.84. The van der Waals surface area contributed by atoms with Gasteiger partial charge in [-0.05, 0) is 11.6 Å². The second kappa shape index (κ2) is 3.74. The molecule has 0 aliphatic carbocycles. The molecule has 1 heterocycles. The lowest BCUT2D eigenvalue weighted by molar-refractivity contribution is -0.137. The van der Waals surface area contributed by atoms with Gasteiger partial charge in [0, 0.05) is 17.8 Å². The Bertz CT molecular complexity index is 426. The van der Waals surface area contributed by atoms with Gasteiger partial charge in [0.15, 0.2) is 0 Å². The standard InChI is InChI=1S/C11H12N2O2/c12-9(11(14)15)5-7-6-13-10-4-2-1-3-8(7)10/h1-5,9,13H,6,12H2,(H,14,15). The quantitative estimate of drug-likeness (QED) is 0.669. The molecule has 0 spiro atoms. The summed E-state index contributed by atoms with van der Waals surface area (Å²) < 4.78 is 0. The number of rotatable bonds is 2. The second-order valence-corrected chi connectivity index (χ2v) is 3.46. The minimum Gasteiger partial charge on any atom is -0.480 e. The Labute approximate surface area is 87.4 Å². The van der Waals surface area contributed by atoms with E-state index in [9.17, 15) is 4.79 Å². The molecule has 1 aromatic carbocycles. The molecule has 0 fully saturated rings. The zero-order chi connectivity index (χ0) is 10.8. The van der Waals surface area contributed by atoms with Gasteiger partial charge >= 0.3 is 5.97 Å². The predicted molar refractivity (Wildman–Crippen MR) is 58.5 cm³/mol. The number of carboxylic acids is 1. The molecule has 1 unspecified atom stereocenters. The van der Waals surface area contributed by atoms with Gasteiger partial charge in [-0.1, -0.05) is 24.3 Å². The fraction of sp³-hybridized carbons (Fsp3) is 0.182. The molecule has 0 bridgehead atoms. The van der Waals surface area contributed by atoms with Gasteiger partial charge in [0.25, 0.3) is 0 Å². The molecule has 1 atom stereocenters. The maximum absolute atomic E-state index is 10.6. The van der Waals surface area contributed by atoms with Crippen molar-refractivity contribution in [1.82, 2.24) is 0 Å². The van der Waals surface area contributed by atoms with Crippen LogP contribution in [0.25, 0.3) is 5.57 Å². The summed E-state index contributed by atoms with van der Waals surface area (Å²) in [5.74, 6) is -1.01. The van der Waals surface area contributed by atoms with Gasteiger partial charge in [-0.25, -0.2) is 0 Å². The highest BCUT2D eigenvalue weighted by atomic mass is 16.4. The number of benzene rings is 1. The molecule has 0 aromatic heterocycles. The molecule has 78 valence electrons. The van der Waals surface area contributed by atoms with E-state index in [-0.39, 0.29) is 0 Å². The van der Waals surface area contributed by atoms with Crippen molar-refractivity contribution in [2.75, 3.05) is 11.9 Å². The summed E-state index contributed by atoms with van der Waals surface area (Å²) in [4.78, 5) is 10.6. The number of hydrogen-bond donors (Lipinski definition) is 3. The van der Waals surface area contributed by atoms with Gasteiger partial charge in [0.05, 0.1) is 0 Å². The van der Waals surface area contributed by atoms with Crippen LogP contribution >= 0.6 is 0 Å². The summed E-state index contributed by atoms with van der Waals surface area (Å²) in [7, 11) is 0. The number of hydrogen-bond acceptors (Lipinski definition) is 3. The average molecular weight is 204 g/mol. The topological polar surface area (TPSA) is 75.3 Å². The lowest BCUT2D eigenvalue weighted by Crippen LogP contribution is -2.28. The van der Waals surface area contributed by atoms with Crippen LogP contribution in [0.4, 0.5) is 5.69 Å². The number of anilines is 1. The first-order valence-corrected chi connectivity index (χ1v) is 4.71. The maximum Gasteiger partial charge on any atom is 0.324 e. The van der Waals surface area contributed by atoms with Crippen molar-refractivity contribution < 1.29 is 9.90 Å². The molecular formula is C11H12N2O2. The number of aliphatic carboxylic acids is 1. The van der Waals surface area contributed by atoms with Crippen molar-refractivity contribution in [3.63, 3.8) is 0 Å². The fourth-order valence-electron chi connectivity index (χ4n) is 1.64. The van der Waals surface area contributed by atoms with Gasteiger partial charge in [-0.3, -0.25) is 4.79 Å². The van der Waals surface area contributed by atoms with E-state index in [1.165, 1.54) is 0 Å². The Morgan fingerprint density at radius 3 is 3.00 bits per heavy atom. The minimum absolute atomic E-state index is 0.639. The number of carboxylic acid groups (broad SMARTS) is 1. The van der Waals surface area contributed by atoms with Crippen LogP contribution in [0.1, 0.15) is 5.56 Å². The summed E-state index contributed by atoms with van der Waals surface area (Å²) in [5.41, 5.74) is 8.46. The third-order valence-electron chi connectivity index (χ3n) is 2.41. The number of carbonyl (C=O) groups is 1. The Morgan fingerprint density at radius 1 is 1.53 bits per heavy atom. The fourth-order valence-corrected chi connectivity index (χ4v) is 1.64. The van der Waals surface area contributed by atoms with Crippen molar-refractivity contribution in [3.05, 3.63) is 35.9 Å². The minimum atomic E-state index is -1.01. The van der Waals surface area contributed by atoms with Crippen LogP contribution in [0.2, 0.25) is 0 Å². The average Bonchev–Trinajstić information content (AvgIpc) is 2.62. The molecule has 4 heteroatoms. The van der Waals surface area contributed by atoms with Gasteiger partial charge in [0.1, 0.15) is 6.04 Å². The second-order valence-electron chi connectivity index (χ2n) is 3.46. The molecule has 2 rings (SSSR count). The van der Waals surface area contributed by atoms with E-state index < -0.39 is 12.0 Å². The molecule has 1 aliphatic rings. The summed E-state index contributed by atoms with van der Waals surface area (Å²) in [5, 5.41) is 11.9. The summed E-state index contributed by atoms with van der Waals surface area (Å²) >= 11 is 0. The van der Waals surface area contributed by atoms with Crippen LogP contribution in [0.3, 0.4) is 0 Å². The van der Waals surface area contributed by atoms with Crippen LogP contribution < -0.4 is 11.1 Å². The van der Waals surface area contributed by atoms with Crippen LogP contribution in [-0.2, 0) is 4.79 Å². The lowest BCUT2D eigenvalue weighted by Gasteiger charge is -2.02. The van der Waals surface area contributed by atoms with Crippen molar-refractivity contribution in [2.45, 2.75) is 6.04 Å². The summed E-state index contributed by atoms with van der Waals surface area (Å²) in [6.07, 6.45) is 1.58. The van der Waals surface area contributed by atoms with E-state index >= 15 is 0 Å². The molecule has 0 amide bonds. The third-order valence-corrected chi connectivity index (χ3v) is 2.41. The number of fused-ring (bicyclic) bond motifs is 1. The highest BCUT2D eigenvalue weighted by molar-refractivity contribution is 5.87.